The highest BCUT2D eigenvalue weighted by Gasteiger charge is 2.15. The molecular formula is C11H23NO3. The number of carbonyl (C=O) groups excluding carboxylic acids is 1. The van der Waals surface area contributed by atoms with Gasteiger partial charge in [0.1, 0.15) is 5.60 Å². The Morgan fingerprint density at radius 1 is 1.47 bits per heavy atom. The summed E-state index contributed by atoms with van der Waals surface area (Å²) in [6.07, 6.45) is 0.751. The number of nitrogens with one attached hydrogen (secondary N) is 1. The molecule has 2 N–H and O–H groups in total. The monoisotopic (exact) mass is 217 g/mol. The van der Waals surface area contributed by atoms with Crippen LogP contribution in [0.1, 0.15) is 34.1 Å². The van der Waals surface area contributed by atoms with Crippen LogP contribution < -0.4 is 5.32 Å². The average molecular weight is 217 g/mol. The van der Waals surface area contributed by atoms with Crippen LogP contribution in [0, 0.1) is 5.92 Å². The molecule has 0 radical (unpaired) electrons. The van der Waals surface area contributed by atoms with Crippen molar-refractivity contribution < 1.29 is 14.6 Å². The Kier molecular flexibility index (Phi) is 6.52. The summed E-state index contributed by atoms with van der Waals surface area (Å²) in [5.74, 6) is 0.135. The Labute approximate surface area is 92.0 Å². The Morgan fingerprint density at radius 3 is 2.53 bits per heavy atom. The van der Waals surface area contributed by atoms with Crippen LogP contribution in [-0.4, -0.2) is 36.4 Å². The molecule has 0 aromatic carbocycles. The van der Waals surface area contributed by atoms with Crippen LogP contribution in [0.15, 0.2) is 0 Å². The van der Waals surface area contributed by atoms with Crippen molar-refractivity contribution in [2.45, 2.75) is 39.7 Å². The van der Waals surface area contributed by atoms with Crippen LogP contribution in [0.2, 0.25) is 0 Å². The van der Waals surface area contributed by atoms with E-state index in [1.165, 1.54) is 0 Å². The molecule has 15 heavy (non-hydrogen) atoms. The lowest BCUT2D eigenvalue weighted by Crippen LogP contribution is -2.33. The normalized spacial score (nSPS) is 13.7. The second-order valence-corrected chi connectivity index (χ2v) is 4.83. The summed E-state index contributed by atoms with van der Waals surface area (Å²) < 4.78 is 5.13. The van der Waals surface area contributed by atoms with Crippen molar-refractivity contribution in [1.29, 1.82) is 0 Å². The van der Waals surface area contributed by atoms with Gasteiger partial charge in [-0.25, -0.2) is 0 Å². The van der Waals surface area contributed by atoms with E-state index in [0.29, 0.717) is 5.92 Å². The third-order valence-corrected chi connectivity index (χ3v) is 1.80. The van der Waals surface area contributed by atoms with Crippen molar-refractivity contribution in [1.82, 2.24) is 5.32 Å². The van der Waals surface area contributed by atoms with E-state index >= 15 is 0 Å². The Hall–Kier alpha value is -0.610. The van der Waals surface area contributed by atoms with E-state index in [9.17, 15) is 4.79 Å². The van der Waals surface area contributed by atoms with Crippen molar-refractivity contribution >= 4 is 5.97 Å². The molecule has 0 fully saturated rings. The highest BCUT2D eigenvalue weighted by atomic mass is 16.6. The molecule has 0 rings (SSSR count). The fourth-order valence-corrected chi connectivity index (χ4v) is 1.12. The van der Waals surface area contributed by atoms with E-state index in [1.54, 1.807) is 0 Å². The summed E-state index contributed by atoms with van der Waals surface area (Å²) in [6.45, 7) is 8.71. The summed E-state index contributed by atoms with van der Waals surface area (Å²) in [5, 5.41) is 11.7. The number of carbonyl (C=O) groups is 1. The molecule has 0 bridgehead atoms. The molecule has 0 amide bonds. The van der Waals surface area contributed by atoms with Gasteiger partial charge in [0.15, 0.2) is 0 Å². The van der Waals surface area contributed by atoms with Gasteiger partial charge in [0.25, 0.3) is 0 Å². The van der Waals surface area contributed by atoms with Gasteiger partial charge in [-0.2, -0.15) is 0 Å². The molecule has 0 aromatic rings. The number of ether oxygens (including phenoxy) is 1. The number of rotatable bonds is 6. The number of hydrogen-bond acceptors (Lipinski definition) is 4. The van der Waals surface area contributed by atoms with Gasteiger partial charge in [-0.05, 0) is 39.7 Å². The lowest BCUT2D eigenvalue weighted by Gasteiger charge is -2.20. The predicted octanol–water partition coefficient (Wildman–Crippen LogP) is 0.936. The molecule has 1 atom stereocenters. The van der Waals surface area contributed by atoms with Gasteiger partial charge >= 0.3 is 5.97 Å². The second kappa shape index (κ2) is 6.80. The van der Waals surface area contributed by atoms with E-state index < -0.39 is 5.60 Å². The highest BCUT2D eigenvalue weighted by Crippen LogP contribution is 2.06. The van der Waals surface area contributed by atoms with Crippen LogP contribution in [0.3, 0.4) is 0 Å². The maximum absolute atomic E-state index is 11.3. The molecule has 1 unspecified atom stereocenters. The SMILES string of the molecule is CC(CCO)CNCC(=O)OC(C)(C)C. The summed E-state index contributed by atoms with van der Waals surface area (Å²) >= 11 is 0. The zero-order chi connectivity index (χ0) is 11.9. The van der Waals surface area contributed by atoms with E-state index in [4.69, 9.17) is 9.84 Å². The summed E-state index contributed by atoms with van der Waals surface area (Å²) in [4.78, 5) is 11.3. The Balaban J connectivity index is 3.55. The number of esters is 1. The number of aliphatic hydroxyl groups excluding tert-OH is 1. The quantitative estimate of drug-likeness (QED) is 0.650. The molecule has 90 valence electrons. The molecule has 0 saturated carbocycles. The topological polar surface area (TPSA) is 58.6 Å². The zero-order valence-corrected chi connectivity index (χ0v) is 10.2. The lowest BCUT2D eigenvalue weighted by atomic mass is 10.1. The molecule has 0 heterocycles. The Bertz CT molecular complexity index is 187. The van der Waals surface area contributed by atoms with Gasteiger partial charge in [0, 0.05) is 6.61 Å². The minimum atomic E-state index is -0.421. The summed E-state index contributed by atoms with van der Waals surface area (Å²) in [6, 6.07) is 0. The number of hydrogen-bond donors (Lipinski definition) is 2. The molecule has 0 spiro atoms. The van der Waals surface area contributed by atoms with E-state index in [2.05, 4.69) is 5.32 Å². The van der Waals surface area contributed by atoms with Gasteiger partial charge < -0.3 is 15.2 Å². The van der Waals surface area contributed by atoms with Crippen molar-refractivity contribution in [2.24, 2.45) is 5.92 Å². The fourth-order valence-electron chi connectivity index (χ4n) is 1.12. The van der Waals surface area contributed by atoms with Crippen molar-refractivity contribution in [3.63, 3.8) is 0 Å². The van der Waals surface area contributed by atoms with Gasteiger partial charge in [0.05, 0.1) is 6.54 Å². The van der Waals surface area contributed by atoms with Gasteiger partial charge in [-0.3, -0.25) is 4.79 Å². The third-order valence-electron chi connectivity index (χ3n) is 1.80. The first kappa shape index (κ1) is 14.4. The Morgan fingerprint density at radius 2 is 2.07 bits per heavy atom. The average Bonchev–Trinajstić information content (AvgIpc) is 2.00. The van der Waals surface area contributed by atoms with Crippen LogP contribution in [-0.2, 0) is 9.53 Å². The van der Waals surface area contributed by atoms with E-state index in [0.717, 1.165) is 13.0 Å². The van der Waals surface area contributed by atoms with Crippen molar-refractivity contribution in [2.75, 3.05) is 19.7 Å². The van der Waals surface area contributed by atoms with Crippen LogP contribution in [0.4, 0.5) is 0 Å². The maximum atomic E-state index is 11.3. The fraction of sp³-hybridized carbons (Fsp3) is 0.909. The largest absolute Gasteiger partial charge is 0.459 e. The first-order valence-corrected chi connectivity index (χ1v) is 5.38. The van der Waals surface area contributed by atoms with Crippen LogP contribution in [0.25, 0.3) is 0 Å². The van der Waals surface area contributed by atoms with Crippen LogP contribution in [0.5, 0.6) is 0 Å². The van der Waals surface area contributed by atoms with Crippen molar-refractivity contribution in [3.8, 4) is 0 Å². The summed E-state index contributed by atoms with van der Waals surface area (Å²) in [7, 11) is 0. The van der Waals surface area contributed by atoms with Gasteiger partial charge in [0.2, 0.25) is 0 Å². The maximum Gasteiger partial charge on any atom is 0.320 e. The molecule has 4 heteroatoms. The zero-order valence-electron chi connectivity index (χ0n) is 10.2. The molecule has 0 aromatic heterocycles. The van der Waals surface area contributed by atoms with E-state index in [1.807, 2.05) is 27.7 Å². The number of aliphatic hydroxyl groups is 1. The van der Waals surface area contributed by atoms with Gasteiger partial charge in [-0.15, -0.1) is 0 Å². The molecule has 4 nitrogen and oxygen atoms in total. The van der Waals surface area contributed by atoms with Crippen LogP contribution >= 0.6 is 0 Å². The molecular weight excluding hydrogens is 194 g/mol. The minimum Gasteiger partial charge on any atom is -0.459 e. The van der Waals surface area contributed by atoms with Crippen molar-refractivity contribution in [3.05, 3.63) is 0 Å². The predicted molar refractivity (Wildman–Crippen MR) is 59.6 cm³/mol. The molecule has 0 aliphatic heterocycles. The minimum absolute atomic E-state index is 0.190. The lowest BCUT2D eigenvalue weighted by molar-refractivity contribution is -0.153. The van der Waals surface area contributed by atoms with E-state index in [-0.39, 0.29) is 19.1 Å². The standard InChI is InChI=1S/C11H23NO3/c1-9(5-6-13)7-12-8-10(14)15-11(2,3)4/h9,12-13H,5-8H2,1-4H3. The first-order chi connectivity index (χ1) is 6.85. The second-order valence-electron chi connectivity index (χ2n) is 4.83. The smallest absolute Gasteiger partial charge is 0.320 e. The first-order valence-electron chi connectivity index (χ1n) is 5.38. The third kappa shape index (κ3) is 9.69. The molecule has 0 aliphatic carbocycles. The molecule has 0 saturated heterocycles. The molecule has 0 aliphatic rings. The summed E-state index contributed by atoms with van der Waals surface area (Å²) in [5.41, 5.74) is -0.421. The van der Waals surface area contributed by atoms with Gasteiger partial charge in [-0.1, -0.05) is 6.92 Å². The highest BCUT2D eigenvalue weighted by molar-refractivity contribution is 5.72.